The van der Waals surface area contributed by atoms with E-state index in [1.807, 2.05) is 6.20 Å². The van der Waals surface area contributed by atoms with Gasteiger partial charge >= 0.3 is 0 Å². The lowest BCUT2D eigenvalue weighted by atomic mass is 9.96. The predicted molar refractivity (Wildman–Crippen MR) is 78.3 cm³/mol. The number of rotatable bonds is 5. The highest BCUT2D eigenvalue weighted by atomic mass is 35.5. The third-order valence-corrected chi connectivity index (χ3v) is 4.07. The number of thiazole rings is 1. The second-order valence-electron chi connectivity index (χ2n) is 4.75. The van der Waals surface area contributed by atoms with E-state index in [1.54, 1.807) is 11.3 Å². The minimum absolute atomic E-state index is 0. The SMILES string of the molecule is CN(CCC1CCOCC1)Cc1cnc(N)s1.Cl. The molecule has 1 aromatic heterocycles. The standard InChI is InChI=1S/C12H21N3OS.ClH/c1-15(9-11-8-14-12(13)17-11)5-2-10-3-6-16-7-4-10;/h8,10H,2-7,9H2,1H3,(H2,13,14);1H. The summed E-state index contributed by atoms with van der Waals surface area (Å²) in [5, 5.41) is 0.665. The first-order valence-electron chi connectivity index (χ1n) is 6.20. The van der Waals surface area contributed by atoms with Gasteiger partial charge in [0.1, 0.15) is 0 Å². The first-order chi connectivity index (χ1) is 8.24. The number of nitrogens with zero attached hydrogens (tertiary/aromatic N) is 2. The van der Waals surface area contributed by atoms with Crippen LogP contribution in [0.25, 0.3) is 0 Å². The van der Waals surface area contributed by atoms with Crippen molar-refractivity contribution in [3.63, 3.8) is 0 Å². The molecule has 1 aromatic rings. The third-order valence-electron chi connectivity index (χ3n) is 3.26. The van der Waals surface area contributed by atoms with Crippen LogP contribution >= 0.6 is 23.7 Å². The highest BCUT2D eigenvalue weighted by Gasteiger charge is 2.14. The van der Waals surface area contributed by atoms with Crippen LogP contribution in [0.2, 0.25) is 0 Å². The van der Waals surface area contributed by atoms with Gasteiger partial charge in [0.15, 0.2) is 5.13 Å². The molecule has 104 valence electrons. The molecule has 1 saturated heterocycles. The van der Waals surface area contributed by atoms with E-state index in [0.717, 1.165) is 32.2 Å². The maximum absolute atomic E-state index is 5.62. The van der Waals surface area contributed by atoms with Crippen molar-refractivity contribution in [1.82, 2.24) is 9.88 Å². The fourth-order valence-corrected chi connectivity index (χ4v) is 2.94. The quantitative estimate of drug-likeness (QED) is 0.905. The average Bonchev–Trinajstić information content (AvgIpc) is 2.73. The van der Waals surface area contributed by atoms with Gasteiger partial charge in [-0.25, -0.2) is 4.98 Å². The molecule has 4 nitrogen and oxygen atoms in total. The van der Waals surface area contributed by atoms with Gasteiger partial charge < -0.3 is 15.4 Å². The normalized spacial score (nSPS) is 16.8. The molecule has 2 rings (SSSR count). The van der Waals surface area contributed by atoms with E-state index in [0.29, 0.717) is 5.13 Å². The Balaban J connectivity index is 0.00000162. The molecular weight excluding hydrogens is 270 g/mol. The molecule has 2 N–H and O–H groups in total. The Hall–Kier alpha value is -0.360. The molecule has 1 fully saturated rings. The summed E-state index contributed by atoms with van der Waals surface area (Å²) in [6.45, 7) is 3.99. The van der Waals surface area contributed by atoms with Crippen molar-refractivity contribution in [3.05, 3.63) is 11.1 Å². The second kappa shape index (κ2) is 7.94. The number of anilines is 1. The lowest BCUT2D eigenvalue weighted by molar-refractivity contribution is 0.0608. The summed E-state index contributed by atoms with van der Waals surface area (Å²) >= 11 is 1.58. The van der Waals surface area contributed by atoms with Crippen molar-refractivity contribution in [2.45, 2.75) is 25.8 Å². The highest BCUT2D eigenvalue weighted by Crippen LogP contribution is 2.20. The smallest absolute Gasteiger partial charge is 0.180 e. The zero-order valence-electron chi connectivity index (χ0n) is 10.8. The fraction of sp³-hybridized carbons (Fsp3) is 0.750. The van der Waals surface area contributed by atoms with Crippen LogP contribution in [0, 0.1) is 5.92 Å². The van der Waals surface area contributed by atoms with Gasteiger partial charge in [0, 0.05) is 30.8 Å². The number of halogens is 1. The van der Waals surface area contributed by atoms with Crippen LogP contribution in [-0.2, 0) is 11.3 Å². The van der Waals surface area contributed by atoms with Crippen LogP contribution in [-0.4, -0.2) is 36.7 Å². The topological polar surface area (TPSA) is 51.4 Å². The molecule has 0 aliphatic carbocycles. The molecule has 0 saturated carbocycles. The molecule has 1 aliphatic rings. The van der Waals surface area contributed by atoms with Crippen LogP contribution < -0.4 is 5.73 Å². The molecule has 0 aromatic carbocycles. The maximum atomic E-state index is 5.62. The molecule has 0 radical (unpaired) electrons. The number of nitrogen functional groups attached to an aromatic ring is 1. The second-order valence-corrected chi connectivity index (χ2v) is 5.89. The van der Waals surface area contributed by atoms with E-state index >= 15 is 0 Å². The van der Waals surface area contributed by atoms with E-state index in [9.17, 15) is 0 Å². The molecular formula is C12H22ClN3OS. The Morgan fingerprint density at radius 1 is 1.50 bits per heavy atom. The monoisotopic (exact) mass is 291 g/mol. The molecule has 18 heavy (non-hydrogen) atoms. The minimum Gasteiger partial charge on any atom is -0.381 e. The van der Waals surface area contributed by atoms with Crippen molar-refractivity contribution >= 4 is 28.9 Å². The molecule has 0 amide bonds. The Labute approximate surface area is 119 Å². The predicted octanol–water partition coefficient (Wildman–Crippen LogP) is 2.40. The van der Waals surface area contributed by atoms with Gasteiger partial charge in [0.25, 0.3) is 0 Å². The molecule has 0 bridgehead atoms. The van der Waals surface area contributed by atoms with Crippen LogP contribution in [0.3, 0.4) is 0 Å². The van der Waals surface area contributed by atoms with Crippen LogP contribution in [0.4, 0.5) is 5.13 Å². The summed E-state index contributed by atoms with van der Waals surface area (Å²) < 4.78 is 5.37. The van der Waals surface area contributed by atoms with E-state index in [4.69, 9.17) is 10.5 Å². The van der Waals surface area contributed by atoms with Gasteiger partial charge in [0.2, 0.25) is 0 Å². The maximum Gasteiger partial charge on any atom is 0.180 e. The highest BCUT2D eigenvalue weighted by molar-refractivity contribution is 7.15. The van der Waals surface area contributed by atoms with E-state index < -0.39 is 0 Å². The van der Waals surface area contributed by atoms with E-state index in [2.05, 4.69) is 16.9 Å². The molecule has 0 atom stereocenters. The first kappa shape index (κ1) is 15.7. The van der Waals surface area contributed by atoms with Crippen molar-refractivity contribution < 1.29 is 4.74 Å². The number of aromatic nitrogens is 1. The number of hydrogen-bond acceptors (Lipinski definition) is 5. The largest absolute Gasteiger partial charge is 0.381 e. The van der Waals surface area contributed by atoms with Gasteiger partial charge in [-0.2, -0.15) is 0 Å². The van der Waals surface area contributed by atoms with Crippen LogP contribution in [0.15, 0.2) is 6.20 Å². The lowest BCUT2D eigenvalue weighted by Gasteiger charge is -2.24. The van der Waals surface area contributed by atoms with E-state index in [1.165, 1.54) is 24.1 Å². The average molecular weight is 292 g/mol. The summed E-state index contributed by atoms with van der Waals surface area (Å²) in [5.41, 5.74) is 5.62. The molecule has 0 unspecified atom stereocenters. The zero-order chi connectivity index (χ0) is 12.1. The summed E-state index contributed by atoms with van der Waals surface area (Å²) in [5.74, 6) is 0.845. The number of hydrogen-bond donors (Lipinski definition) is 1. The van der Waals surface area contributed by atoms with E-state index in [-0.39, 0.29) is 12.4 Å². The Bertz CT molecular complexity index is 342. The van der Waals surface area contributed by atoms with Gasteiger partial charge in [-0.05, 0) is 38.8 Å². The van der Waals surface area contributed by atoms with Crippen LogP contribution in [0.5, 0.6) is 0 Å². The van der Waals surface area contributed by atoms with Crippen molar-refractivity contribution in [2.24, 2.45) is 5.92 Å². The Morgan fingerprint density at radius 3 is 2.83 bits per heavy atom. The van der Waals surface area contributed by atoms with Gasteiger partial charge in [-0.3, -0.25) is 0 Å². The first-order valence-corrected chi connectivity index (χ1v) is 7.02. The Morgan fingerprint density at radius 2 is 2.22 bits per heavy atom. The summed E-state index contributed by atoms with van der Waals surface area (Å²) in [6.07, 6.45) is 5.60. The molecule has 0 spiro atoms. The van der Waals surface area contributed by atoms with Gasteiger partial charge in [-0.15, -0.1) is 23.7 Å². The fourth-order valence-electron chi connectivity index (χ4n) is 2.18. The van der Waals surface area contributed by atoms with Crippen molar-refractivity contribution in [1.29, 1.82) is 0 Å². The number of ether oxygens (including phenoxy) is 1. The van der Waals surface area contributed by atoms with Gasteiger partial charge in [0.05, 0.1) is 0 Å². The third kappa shape index (κ3) is 5.10. The minimum atomic E-state index is 0. The number of nitrogens with two attached hydrogens (primary N) is 1. The summed E-state index contributed by atoms with van der Waals surface area (Å²) in [4.78, 5) is 7.67. The molecule has 2 heterocycles. The van der Waals surface area contributed by atoms with Crippen molar-refractivity contribution in [3.8, 4) is 0 Å². The Kier molecular flexibility index (Phi) is 6.92. The summed E-state index contributed by atoms with van der Waals surface area (Å²) in [6, 6.07) is 0. The lowest BCUT2D eigenvalue weighted by Crippen LogP contribution is -2.23. The summed E-state index contributed by atoms with van der Waals surface area (Å²) in [7, 11) is 2.16. The molecule has 6 heteroatoms. The van der Waals surface area contributed by atoms with Gasteiger partial charge in [-0.1, -0.05) is 0 Å². The zero-order valence-corrected chi connectivity index (χ0v) is 12.4. The van der Waals surface area contributed by atoms with Crippen molar-refractivity contribution in [2.75, 3.05) is 32.5 Å². The van der Waals surface area contributed by atoms with Crippen LogP contribution in [0.1, 0.15) is 24.1 Å². The molecule has 1 aliphatic heterocycles.